The Kier molecular flexibility index (Phi) is 4.23. The molecule has 1 aromatic heterocycles. The predicted octanol–water partition coefficient (Wildman–Crippen LogP) is 1.57. The van der Waals surface area contributed by atoms with Crippen LogP contribution >= 0.6 is 0 Å². The Hall–Kier alpha value is -2.52. The Morgan fingerprint density at radius 1 is 1.40 bits per heavy atom. The molecule has 0 aliphatic heterocycles. The highest BCUT2D eigenvalue weighted by atomic mass is 19.1. The van der Waals surface area contributed by atoms with Gasteiger partial charge in [0.2, 0.25) is 0 Å². The van der Waals surface area contributed by atoms with Gasteiger partial charge in [-0.05, 0) is 30.3 Å². The lowest BCUT2D eigenvalue weighted by Gasteiger charge is -2.07. The van der Waals surface area contributed by atoms with Crippen LogP contribution in [-0.2, 0) is 11.3 Å². The minimum Gasteiger partial charge on any atom is -0.383 e. The maximum atomic E-state index is 12.9. The third-order valence-corrected chi connectivity index (χ3v) is 2.74. The van der Waals surface area contributed by atoms with E-state index in [9.17, 15) is 9.18 Å². The Labute approximate surface area is 114 Å². The molecule has 5 nitrogen and oxygen atoms in total. The number of methoxy groups -OCH3 is 1. The Balaban J connectivity index is 2.51. The first-order chi connectivity index (χ1) is 9.65. The van der Waals surface area contributed by atoms with Crippen LogP contribution in [0.2, 0.25) is 0 Å². The quantitative estimate of drug-likeness (QED) is 0.848. The fraction of sp³-hybridized carbons (Fsp3) is 0.214. The van der Waals surface area contributed by atoms with Crippen LogP contribution in [0.25, 0.3) is 11.3 Å². The van der Waals surface area contributed by atoms with E-state index in [0.717, 1.165) is 0 Å². The van der Waals surface area contributed by atoms with E-state index in [1.807, 2.05) is 6.07 Å². The van der Waals surface area contributed by atoms with Crippen molar-refractivity contribution in [2.75, 3.05) is 13.7 Å². The zero-order valence-corrected chi connectivity index (χ0v) is 10.8. The van der Waals surface area contributed by atoms with Crippen molar-refractivity contribution in [2.45, 2.75) is 6.54 Å². The molecule has 1 aromatic carbocycles. The molecule has 0 aliphatic carbocycles. The minimum absolute atomic E-state index is 0.00423. The van der Waals surface area contributed by atoms with Gasteiger partial charge >= 0.3 is 0 Å². The molecule has 1 heterocycles. The van der Waals surface area contributed by atoms with E-state index in [2.05, 4.69) is 5.10 Å². The van der Waals surface area contributed by atoms with Gasteiger partial charge in [0.1, 0.15) is 17.4 Å². The summed E-state index contributed by atoms with van der Waals surface area (Å²) in [5.41, 5.74) is 0.608. The van der Waals surface area contributed by atoms with E-state index < -0.39 is 5.56 Å². The van der Waals surface area contributed by atoms with Crippen LogP contribution in [0.15, 0.2) is 35.1 Å². The van der Waals surface area contributed by atoms with Crippen LogP contribution in [0, 0.1) is 17.1 Å². The lowest BCUT2D eigenvalue weighted by atomic mass is 10.1. The zero-order valence-electron chi connectivity index (χ0n) is 10.8. The summed E-state index contributed by atoms with van der Waals surface area (Å²) in [5, 5.41) is 13.2. The van der Waals surface area contributed by atoms with Gasteiger partial charge in [0.05, 0.1) is 18.8 Å². The lowest BCUT2D eigenvalue weighted by molar-refractivity contribution is 0.182. The SMILES string of the molecule is COCCn1nc(-c2ccc(F)cc2)cc(C#N)c1=O. The van der Waals surface area contributed by atoms with E-state index in [0.29, 0.717) is 17.9 Å². The Bertz CT molecular complexity index is 702. The van der Waals surface area contributed by atoms with Gasteiger partial charge in [-0.25, -0.2) is 9.07 Å². The molecule has 0 spiro atoms. The van der Waals surface area contributed by atoms with Crippen molar-refractivity contribution in [2.24, 2.45) is 0 Å². The van der Waals surface area contributed by atoms with E-state index in [1.54, 1.807) is 12.1 Å². The zero-order chi connectivity index (χ0) is 14.5. The highest BCUT2D eigenvalue weighted by Crippen LogP contribution is 2.16. The first-order valence-electron chi connectivity index (χ1n) is 5.93. The third-order valence-electron chi connectivity index (χ3n) is 2.74. The maximum absolute atomic E-state index is 12.9. The predicted molar refractivity (Wildman–Crippen MR) is 70.5 cm³/mol. The summed E-state index contributed by atoms with van der Waals surface area (Å²) in [4.78, 5) is 11.9. The normalized spacial score (nSPS) is 10.2. The smallest absolute Gasteiger partial charge is 0.284 e. The number of hydrogen-bond donors (Lipinski definition) is 0. The van der Waals surface area contributed by atoms with Crippen LogP contribution in [0.1, 0.15) is 5.56 Å². The van der Waals surface area contributed by atoms with Crippen molar-refractivity contribution in [3.8, 4) is 17.3 Å². The van der Waals surface area contributed by atoms with Crippen molar-refractivity contribution < 1.29 is 9.13 Å². The number of hydrogen-bond acceptors (Lipinski definition) is 4. The summed E-state index contributed by atoms with van der Waals surface area (Å²) in [6, 6.07) is 8.94. The standard InChI is InChI=1S/C14H12FN3O2/c1-20-7-6-18-14(19)11(9-16)8-13(17-18)10-2-4-12(15)5-3-10/h2-5,8H,6-7H2,1H3. The number of rotatable bonds is 4. The van der Waals surface area contributed by atoms with Crippen molar-refractivity contribution in [1.82, 2.24) is 9.78 Å². The van der Waals surface area contributed by atoms with Gasteiger partial charge in [-0.2, -0.15) is 10.4 Å². The fourth-order valence-electron chi connectivity index (χ4n) is 1.71. The maximum Gasteiger partial charge on any atom is 0.284 e. The van der Waals surface area contributed by atoms with Crippen molar-refractivity contribution in [3.05, 3.63) is 52.1 Å². The van der Waals surface area contributed by atoms with Crippen LogP contribution in [-0.4, -0.2) is 23.5 Å². The van der Waals surface area contributed by atoms with E-state index >= 15 is 0 Å². The second-order valence-corrected chi connectivity index (χ2v) is 4.08. The van der Waals surface area contributed by atoms with Gasteiger partial charge in [0.25, 0.3) is 5.56 Å². The highest BCUT2D eigenvalue weighted by Gasteiger charge is 2.09. The number of ether oxygens (including phenoxy) is 1. The molecule has 2 rings (SSSR count). The summed E-state index contributed by atoms with van der Waals surface area (Å²) >= 11 is 0. The van der Waals surface area contributed by atoms with Crippen molar-refractivity contribution >= 4 is 0 Å². The molecule has 0 atom stereocenters. The second-order valence-electron chi connectivity index (χ2n) is 4.08. The molecule has 0 unspecified atom stereocenters. The summed E-state index contributed by atoms with van der Waals surface area (Å²) in [5.74, 6) is -0.359. The largest absolute Gasteiger partial charge is 0.383 e. The van der Waals surface area contributed by atoms with Gasteiger partial charge in [-0.15, -0.1) is 0 Å². The number of nitrogens with zero attached hydrogens (tertiary/aromatic N) is 3. The lowest BCUT2D eigenvalue weighted by Crippen LogP contribution is -2.27. The molecular weight excluding hydrogens is 261 g/mol. The fourth-order valence-corrected chi connectivity index (χ4v) is 1.71. The summed E-state index contributed by atoms with van der Waals surface area (Å²) < 4.78 is 19.0. The van der Waals surface area contributed by atoms with Gasteiger partial charge in [0, 0.05) is 12.7 Å². The minimum atomic E-state index is -0.463. The van der Waals surface area contributed by atoms with E-state index in [4.69, 9.17) is 10.00 Å². The van der Waals surface area contributed by atoms with Crippen LogP contribution in [0.3, 0.4) is 0 Å². The molecule has 0 N–H and O–H groups in total. The average molecular weight is 273 g/mol. The first-order valence-corrected chi connectivity index (χ1v) is 5.93. The Morgan fingerprint density at radius 2 is 2.10 bits per heavy atom. The van der Waals surface area contributed by atoms with E-state index in [1.165, 1.54) is 30.0 Å². The number of halogens is 1. The molecule has 20 heavy (non-hydrogen) atoms. The summed E-state index contributed by atoms with van der Waals surface area (Å²) in [6.45, 7) is 0.559. The van der Waals surface area contributed by atoms with Crippen molar-refractivity contribution in [3.63, 3.8) is 0 Å². The molecule has 0 fully saturated rings. The van der Waals surface area contributed by atoms with Crippen LogP contribution in [0.4, 0.5) is 4.39 Å². The number of aromatic nitrogens is 2. The van der Waals surface area contributed by atoms with Crippen LogP contribution in [0.5, 0.6) is 0 Å². The van der Waals surface area contributed by atoms with Gasteiger partial charge in [-0.1, -0.05) is 0 Å². The third kappa shape index (κ3) is 2.90. The monoisotopic (exact) mass is 273 g/mol. The first kappa shape index (κ1) is 13.9. The van der Waals surface area contributed by atoms with Gasteiger partial charge < -0.3 is 4.74 Å². The van der Waals surface area contributed by atoms with Crippen LogP contribution < -0.4 is 5.56 Å². The highest BCUT2D eigenvalue weighted by molar-refractivity contribution is 5.59. The van der Waals surface area contributed by atoms with Crippen molar-refractivity contribution in [1.29, 1.82) is 5.26 Å². The second kappa shape index (κ2) is 6.08. The summed E-state index contributed by atoms with van der Waals surface area (Å²) in [7, 11) is 1.51. The Morgan fingerprint density at radius 3 is 2.70 bits per heavy atom. The average Bonchev–Trinajstić information content (AvgIpc) is 2.47. The number of nitriles is 1. The summed E-state index contributed by atoms with van der Waals surface area (Å²) in [6.07, 6.45) is 0. The molecule has 0 amide bonds. The molecule has 0 aliphatic rings. The molecule has 102 valence electrons. The molecule has 0 saturated carbocycles. The number of benzene rings is 1. The van der Waals surface area contributed by atoms with Gasteiger partial charge in [0.15, 0.2) is 0 Å². The molecule has 0 saturated heterocycles. The molecule has 0 bridgehead atoms. The molecular formula is C14H12FN3O2. The molecule has 6 heteroatoms. The molecule has 0 radical (unpaired) electrons. The molecule has 2 aromatic rings. The van der Waals surface area contributed by atoms with Gasteiger partial charge in [-0.3, -0.25) is 4.79 Å². The van der Waals surface area contributed by atoms with E-state index in [-0.39, 0.29) is 17.9 Å². The topological polar surface area (TPSA) is 67.9 Å².